The molecular formula is C10H10FN3O2S2. The SMILES string of the molecule is CSC(=Nc1cc(F)ccc1S(C)(=O)=O)NC#N. The van der Waals surface area contributed by atoms with Crippen LogP contribution in [0, 0.1) is 17.3 Å². The van der Waals surface area contributed by atoms with E-state index < -0.39 is 15.7 Å². The summed E-state index contributed by atoms with van der Waals surface area (Å²) < 4.78 is 36.1. The molecule has 0 aliphatic rings. The van der Waals surface area contributed by atoms with Crippen LogP contribution in [-0.2, 0) is 9.84 Å². The number of nitriles is 1. The summed E-state index contributed by atoms with van der Waals surface area (Å²) in [4.78, 5) is 3.83. The van der Waals surface area contributed by atoms with Crippen molar-refractivity contribution in [3.8, 4) is 6.19 Å². The molecule has 0 heterocycles. The second-order valence-corrected chi connectivity index (χ2v) is 6.02. The van der Waals surface area contributed by atoms with Gasteiger partial charge in [-0.2, -0.15) is 5.26 Å². The van der Waals surface area contributed by atoms with Gasteiger partial charge in [0, 0.05) is 12.3 Å². The van der Waals surface area contributed by atoms with Crippen molar-refractivity contribution >= 4 is 32.5 Å². The summed E-state index contributed by atoms with van der Waals surface area (Å²) in [5.41, 5.74) is -0.0374. The van der Waals surface area contributed by atoms with Gasteiger partial charge in [-0.15, -0.1) is 0 Å². The summed E-state index contributed by atoms with van der Waals surface area (Å²) in [6, 6.07) is 3.20. The van der Waals surface area contributed by atoms with Gasteiger partial charge >= 0.3 is 0 Å². The fourth-order valence-corrected chi connectivity index (χ4v) is 2.31. The van der Waals surface area contributed by atoms with Crippen LogP contribution in [0.2, 0.25) is 0 Å². The van der Waals surface area contributed by atoms with Crippen molar-refractivity contribution in [2.24, 2.45) is 4.99 Å². The van der Waals surface area contributed by atoms with E-state index in [9.17, 15) is 12.8 Å². The van der Waals surface area contributed by atoms with Gasteiger partial charge in [0.25, 0.3) is 0 Å². The molecule has 18 heavy (non-hydrogen) atoms. The van der Waals surface area contributed by atoms with E-state index in [2.05, 4.69) is 10.3 Å². The highest BCUT2D eigenvalue weighted by Crippen LogP contribution is 2.26. The number of hydrogen-bond donors (Lipinski definition) is 1. The third-order valence-corrected chi connectivity index (χ3v) is 3.62. The van der Waals surface area contributed by atoms with Gasteiger partial charge in [-0.1, -0.05) is 11.8 Å². The molecule has 0 spiro atoms. The lowest BCUT2D eigenvalue weighted by molar-refractivity contribution is 0.600. The first-order valence-electron chi connectivity index (χ1n) is 4.66. The van der Waals surface area contributed by atoms with Gasteiger partial charge in [0.1, 0.15) is 5.82 Å². The lowest BCUT2D eigenvalue weighted by atomic mass is 10.3. The molecular weight excluding hydrogens is 277 g/mol. The number of rotatable bonds is 2. The summed E-state index contributed by atoms with van der Waals surface area (Å²) in [6.45, 7) is 0. The van der Waals surface area contributed by atoms with E-state index in [1.54, 1.807) is 12.4 Å². The van der Waals surface area contributed by atoms with Gasteiger partial charge in [-0.25, -0.2) is 17.8 Å². The highest BCUT2D eigenvalue weighted by Gasteiger charge is 2.14. The lowest BCUT2D eigenvalue weighted by Gasteiger charge is -2.05. The van der Waals surface area contributed by atoms with E-state index in [1.165, 1.54) is 0 Å². The number of nitrogens with zero attached hydrogens (tertiary/aromatic N) is 2. The quantitative estimate of drug-likeness (QED) is 0.294. The Bertz CT molecular complexity index is 621. The van der Waals surface area contributed by atoms with Crippen LogP contribution in [0.1, 0.15) is 0 Å². The molecule has 1 aromatic carbocycles. The van der Waals surface area contributed by atoms with E-state index >= 15 is 0 Å². The van der Waals surface area contributed by atoms with Gasteiger partial charge in [0.05, 0.1) is 10.6 Å². The van der Waals surface area contributed by atoms with Crippen LogP contribution in [0.5, 0.6) is 0 Å². The zero-order valence-electron chi connectivity index (χ0n) is 9.64. The Morgan fingerprint density at radius 1 is 1.56 bits per heavy atom. The minimum absolute atomic E-state index is 0.0374. The van der Waals surface area contributed by atoms with Gasteiger partial charge in [-0.05, 0) is 18.4 Å². The van der Waals surface area contributed by atoms with Gasteiger partial charge in [0.15, 0.2) is 21.2 Å². The van der Waals surface area contributed by atoms with E-state index in [0.717, 1.165) is 36.2 Å². The molecule has 0 atom stereocenters. The van der Waals surface area contributed by atoms with Crippen molar-refractivity contribution in [3.63, 3.8) is 0 Å². The Balaban J connectivity index is 3.39. The number of sulfone groups is 1. The minimum Gasteiger partial charge on any atom is -0.271 e. The van der Waals surface area contributed by atoms with E-state index in [1.807, 2.05) is 0 Å². The van der Waals surface area contributed by atoms with Crippen LogP contribution in [-0.4, -0.2) is 26.1 Å². The number of aliphatic imine (C=N–C) groups is 1. The van der Waals surface area contributed by atoms with Crippen molar-refractivity contribution in [2.45, 2.75) is 4.90 Å². The first kappa shape index (κ1) is 14.5. The first-order chi connectivity index (χ1) is 8.38. The molecule has 0 radical (unpaired) electrons. The third kappa shape index (κ3) is 3.72. The maximum atomic E-state index is 13.1. The Labute approximate surface area is 109 Å². The first-order valence-corrected chi connectivity index (χ1v) is 7.77. The molecule has 5 nitrogen and oxygen atoms in total. The second kappa shape index (κ2) is 5.84. The van der Waals surface area contributed by atoms with Gasteiger partial charge < -0.3 is 0 Å². The highest BCUT2D eigenvalue weighted by molar-refractivity contribution is 8.13. The predicted octanol–water partition coefficient (Wildman–Crippen LogP) is 1.65. The summed E-state index contributed by atoms with van der Waals surface area (Å²) in [7, 11) is -3.51. The Morgan fingerprint density at radius 2 is 2.22 bits per heavy atom. The molecule has 0 unspecified atom stereocenters. The lowest BCUT2D eigenvalue weighted by Crippen LogP contribution is -2.12. The molecule has 0 aromatic heterocycles. The van der Waals surface area contributed by atoms with Crippen LogP contribution < -0.4 is 5.32 Å². The molecule has 0 saturated carbocycles. The number of nitrogens with one attached hydrogen (secondary N) is 1. The summed E-state index contributed by atoms with van der Waals surface area (Å²) >= 11 is 1.11. The zero-order chi connectivity index (χ0) is 13.8. The number of thioether (sulfide) groups is 1. The predicted molar refractivity (Wildman–Crippen MR) is 68.9 cm³/mol. The Morgan fingerprint density at radius 3 is 2.72 bits per heavy atom. The molecule has 1 rings (SSSR count). The number of benzene rings is 1. The van der Waals surface area contributed by atoms with Crippen molar-refractivity contribution in [1.82, 2.24) is 5.32 Å². The van der Waals surface area contributed by atoms with Crippen LogP contribution in [0.3, 0.4) is 0 Å². The topological polar surface area (TPSA) is 82.3 Å². The van der Waals surface area contributed by atoms with Crippen LogP contribution in [0.15, 0.2) is 28.1 Å². The molecule has 0 saturated heterocycles. The average molecular weight is 287 g/mol. The fourth-order valence-electron chi connectivity index (χ4n) is 1.17. The molecule has 1 N–H and O–H groups in total. The Kier molecular flexibility index (Phi) is 4.69. The van der Waals surface area contributed by atoms with E-state index in [0.29, 0.717) is 0 Å². The molecule has 0 amide bonds. The maximum absolute atomic E-state index is 13.1. The molecule has 0 bridgehead atoms. The average Bonchev–Trinajstić information content (AvgIpc) is 2.26. The van der Waals surface area contributed by atoms with Crippen molar-refractivity contribution in [2.75, 3.05) is 12.5 Å². The van der Waals surface area contributed by atoms with Crippen LogP contribution >= 0.6 is 11.8 Å². The van der Waals surface area contributed by atoms with Gasteiger partial charge in [-0.3, -0.25) is 5.32 Å². The zero-order valence-corrected chi connectivity index (χ0v) is 11.3. The molecule has 1 aromatic rings. The van der Waals surface area contributed by atoms with Crippen molar-refractivity contribution in [3.05, 3.63) is 24.0 Å². The normalized spacial score (nSPS) is 12.0. The standard InChI is InChI=1S/C10H10FN3O2S2/c1-17-10(13-6-12)14-8-5-7(11)3-4-9(8)18(2,15)16/h3-5H,1-2H3,(H,13,14). The van der Waals surface area contributed by atoms with E-state index in [-0.39, 0.29) is 15.8 Å². The second-order valence-electron chi connectivity index (χ2n) is 3.24. The minimum atomic E-state index is -3.51. The monoisotopic (exact) mass is 287 g/mol. The fraction of sp³-hybridized carbons (Fsp3) is 0.200. The van der Waals surface area contributed by atoms with Crippen LogP contribution in [0.4, 0.5) is 10.1 Å². The summed E-state index contributed by atoms with van der Waals surface area (Å²) in [6.07, 6.45) is 4.33. The van der Waals surface area contributed by atoms with Crippen molar-refractivity contribution < 1.29 is 12.8 Å². The molecule has 0 aliphatic heterocycles. The molecule has 8 heteroatoms. The summed E-state index contributed by atoms with van der Waals surface area (Å²) in [5, 5.41) is 11.0. The number of amidine groups is 1. The highest BCUT2D eigenvalue weighted by atomic mass is 32.2. The molecule has 0 fully saturated rings. The maximum Gasteiger partial charge on any atom is 0.183 e. The van der Waals surface area contributed by atoms with Crippen molar-refractivity contribution in [1.29, 1.82) is 5.26 Å². The Hall–Kier alpha value is -1.59. The van der Waals surface area contributed by atoms with Gasteiger partial charge in [0.2, 0.25) is 0 Å². The molecule has 96 valence electrons. The third-order valence-electron chi connectivity index (χ3n) is 1.90. The number of halogens is 1. The largest absolute Gasteiger partial charge is 0.271 e. The number of hydrogen-bond acceptors (Lipinski definition) is 5. The van der Waals surface area contributed by atoms with E-state index in [4.69, 9.17) is 5.26 Å². The summed E-state index contributed by atoms with van der Waals surface area (Å²) in [5.74, 6) is -0.599. The molecule has 0 aliphatic carbocycles. The van der Waals surface area contributed by atoms with Crippen LogP contribution in [0.25, 0.3) is 0 Å². The smallest absolute Gasteiger partial charge is 0.183 e.